The third-order valence-corrected chi connectivity index (χ3v) is 2.20. The Kier molecular flexibility index (Phi) is 4.71. The van der Waals surface area contributed by atoms with E-state index in [4.69, 9.17) is 5.73 Å². The molecule has 19 heavy (non-hydrogen) atoms. The highest BCUT2D eigenvalue weighted by molar-refractivity contribution is 5.77. The van der Waals surface area contributed by atoms with Crippen LogP contribution >= 0.6 is 0 Å². The normalized spacial score (nSPS) is 13.2. The smallest absolute Gasteiger partial charge is 0.461 e. The van der Waals surface area contributed by atoms with Crippen molar-refractivity contribution in [1.82, 2.24) is 0 Å². The SMILES string of the molecule is COC(=O)[C@H](N)c1ccc(OC(F)(F)C(F)F)cc1. The second kappa shape index (κ2) is 5.87. The summed E-state index contributed by atoms with van der Waals surface area (Å²) in [5, 5.41) is 0. The number of hydrogen-bond acceptors (Lipinski definition) is 4. The molecule has 1 aromatic rings. The first-order valence-electron chi connectivity index (χ1n) is 5.06. The summed E-state index contributed by atoms with van der Waals surface area (Å²) >= 11 is 0. The Morgan fingerprint density at radius 2 is 1.79 bits per heavy atom. The Hall–Kier alpha value is -1.83. The molecule has 106 valence electrons. The maximum atomic E-state index is 12.6. The summed E-state index contributed by atoms with van der Waals surface area (Å²) < 4.78 is 57.2. The fourth-order valence-corrected chi connectivity index (χ4v) is 1.21. The van der Waals surface area contributed by atoms with Gasteiger partial charge in [0.2, 0.25) is 0 Å². The number of carbonyl (C=O) groups is 1. The molecule has 0 spiro atoms. The van der Waals surface area contributed by atoms with Crippen molar-refractivity contribution in [3.63, 3.8) is 0 Å². The van der Waals surface area contributed by atoms with Crippen LogP contribution < -0.4 is 10.5 Å². The third-order valence-electron chi connectivity index (χ3n) is 2.20. The molecule has 0 aliphatic heterocycles. The number of benzene rings is 1. The zero-order valence-electron chi connectivity index (χ0n) is 9.78. The van der Waals surface area contributed by atoms with Crippen molar-refractivity contribution in [2.24, 2.45) is 5.73 Å². The molecule has 1 aromatic carbocycles. The molecule has 4 nitrogen and oxygen atoms in total. The van der Waals surface area contributed by atoms with Crippen LogP contribution in [0.4, 0.5) is 17.6 Å². The van der Waals surface area contributed by atoms with Crippen molar-refractivity contribution in [2.75, 3.05) is 7.11 Å². The number of nitrogens with two attached hydrogens (primary N) is 1. The zero-order valence-corrected chi connectivity index (χ0v) is 9.78. The van der Waals surface area contributed by atoms with E-state index in [1.807, 2.05) is 0 Å². The summed E-state index contributed by atoms with van der Waals surface area (Å²) in [5.74, 6) is -1.18. The van der Waals surface area contributed by atoms with Gasteiger partial charge in [-0.15, -0.1) is 0 Å². The molecule has 0 amide bonds. The Balaban J connectivity index is 2.80. The second-order valence-corrected chi connectivity index (χ2v) is 3.53. The standard InChI is InChI=1S/C11H11F4NO3/c1-18-9(17)8(16)6-2-4-7(5-3-6)19-11(14,15)10(12)13/h2-5,8,10H,16H2,1H3/t8-/m1/s1. The molecule has 2 N–H and O–H groups in total. The Bertz CT molecular complexity index is 436. The Morgan fingerprint density at radius 1 is 1.26 bits per heavy atom. The van der Waals surface area contributed by atoms with Gasteiger partial charge >= 0.3 is 18.5 Å². The van der Waals surface area contributed by atoms with Gasteiger partial charge in [-0.2, -0.15) is 17.6 Å². The molecule has 8 heteroatoms. The van der Waals surface area contributed by atoms with Gasteiger partial charge in [0.05, 0.1) is 7.11 Å². The van der Waals surface area contributed by atoms with Crippen LogP contribution in [0.1, 0.15) is 11.6 Å². The quantitative estimate of drug-likeness (QED) is 0.663. The first-order valence-corrected chi connectivity index (χ1v) is 5.06. The maximum absolute atomic E-state index is 12.6. The van der Waals surface area contributed by atoms with E-state index in [1.54, 1.807) is 0 Å². The van der Waals surface area contributed by atoms with E-state index < -0.39 is 30.3 Å². The van der Waals surface area contributed by atoms with Crippen molar-refractivity contribution in [3.8, 4) is 5.75 Å². The number of methoxy groups -OCH3 is 1. The van der Waals surface area contributed by atoms with Gasteiger partial charge in [-0.25, -0.2) is 0 Å². The van der Waals surface area contributed by atoms with Crippen LogP contribution in [0.15, 0.2) is 24.3 Å². The molecule has 0 heterocycles. The number of carbonyl (C=O) groups excluding carboxylic acids is 1. The highest BCUT2D eigenvalue weighted by atomic mass is 19.3. The molecular weight excluding hydrogens is 270 g/mol. The predicted molar refractivity (Wildman–Crippen MR) is 57.0 cm³/mol. The van der Waals surface area contributed by atoms with Crippen molar-refractivity contribution in [1.29, 1.82) is 0 Å². The van der Waals surface area contributed by atoms with Gasteiger partial charge < -0.3 is 15.2 Å². The molecule has 0 unspecified atom stereocenters. The molecule has 0 saturated heterocycles. The molecule has 1 rings (SSSR count). The monoisotopic (exact) mass is 281 g/mol. The van der Waals surface area contributed by atoms with Gasteiger partial charge in [0.1, 0.15) is 11.8 Å². The Morgan fingerprint density at radius 3 is 2.21 bits per heavy atom. The average Bonchev–Trinajstić information content (AvgIpc) is 2.37. The van der Waals surface area contributed by atoms with Crippen LogP contribution in [-0.2, 0) is 9.53 Å². The molecule has 1 atom stereocenters. The Labute approximate surface area is 106 Å². The lowest BCUT2D eigenvalue weighted by atomic mass is 10.1. The largest absolute Gasteiger partial charge is 0.468 e. The number of rotatable bonds is 5. The van der Waals surface area contributed by atoms with Crippen LogP contribution in [0, 0.1) is 0 Å². The van der Waals surface area contributed by atoms with Crippen molar-refractivity contribution in [3.05, 3.63) is 29.8 Å². The van der Waals surface area contributed by atoms with Crippen LogP contribution in [0.3, 0.4) is 0 Å². The summed E-state index contributed by atoms with van der Waals surface area (Å²) in [6.07, 6.45) is -8.52. The molecule has 0 aromatic heterocycles. The van der Waals surface area contributed by atoms with Gasteiger partial charge in [0, 0.05) is 0 Å². The molecule has 0 aliphatic carbocycles. The minimum atomic E-state index is -4.58. The zero-order chi connectivity index (χ0) is 14.6. The van der Waals surface area contributed by atoms with Crippen LogP contribution in [0.2, 0.25) is 0 Å². The van der Waals surface area contributed by atoms with E-state index in [-0.39, 0.29) is 5.56 Å². The topological polar surface area (TPSA) is 61.5 Å². The van der Waals surface area contributed by atoms with Gasteiger partial charge in [-0.1, -0.05) is 12.1 Å². The number of alkyl halides is 4. The number of esters is 1. The van der Waals surface area contributed by atoms with Crippen molar-refractivity contribution < 1.29 is 31.8 Å². The van der Waals surface area contributed by atoms with Gasteiger partial charge in [-0.3, -0.25) is 4.79 Å². The van der Waals surface area contributed by atoms with Crippen LogP contribution in [0.5, 0.6) is 5.75 Å². The summed E-state index contributed by atoms with van der Waals surface area (Å²) in [4.78, 5) is 11.1. The fourth-order valence-electron chi connectivity index (χ4n) is 1.21. The number of halogens is 4. The van der Waals surface area contributed by atoms with Gasteiger partial charge in [-0.05, 0) is 17.7 Å². The summed E-state index contributed by atoms with van der Waals surface area (Å²) in [5.41, 5.74) is 5.77. The molecule has 0 fully saturated rings. The lowest BCUT2D eigenvalue weighted by Gasteiger charge is -2.17. The van der Waals surface area contributed by atoms with E-state index in [0.717, 1.165) is 19.2 Å². The summed E-state index contributed by atoms with van der Waals surface area (Å²) in [7, 11) is 1.14. The molecule has 0 saturated carbocycles. The lowest BCUT2D eigenvalue weighted by molar-refractivity contribution is -0.253. The fraction of sp³-hybridized carbons (Fsp3) is 0.364. The highest BCUT2D eigenvalue weighted by Gasteiger charge is 2.43. The average molecular weight is 281 g/mol. The lowest BCUT2D eigenvalue weighted by Crippen LogP contribution is -2.33. The van der Waals surface area contributed by atoms with Crippen LogP contribution in [-0.4, -0.2) is 25.6 Å². The third kappa shape index (κ3) is 3.82. The van der Waals surface area contributed by atoms with E-state index >= 15 is 0 Å². The van der Waals surface area contributed by atoms with Crippen molar-refractivity contribution in [2.45, 2.75) is 18.6 Å². The second-order valence-electron chi connectivity index (χ2n) is 3.53. The molecule has 0 aliphatic rings. The molecule has 0 bridgehead atoms. The van der Waals surface area contributed by atoms with E-state index in [2.05, 4.69) is 9.47 Å². The summed E-state index contributed by atoms with van der Waals surface area (Å²) in [6, 6.07) is 3.34. The van der Waals surface area contributed by atoms with Crippen molar-refractivity contribution >= 4 is 5.97 Å². The first-order chi connectivity index (χ1) is 8.77. The first kappa shape index (κ1) is 15.2. The van der Waals surface area contributed by atoms with Gasteiger partial charge in [0.25, 0.3) is 0 Å². The number of hydrogen-bond donors (Lipinski definition) is 1. The minimum Gasteiger partial charge on any atom is -0.468 e. The maximum Gasteiger partial charge on any atom is 0.461 e. The summed E-state index contributed by atoms with van der Waals surface area (Å²) in [6.45, 7) is 0. The molecule has 0 radical (unpaired) electrons. The predicted octanol–water partition coefficient (Wildman–Crippen LogP) is 2.10. The minimum absolute atomic E-state index is 0.277. The van der Waals surface area contributed by atoms with E-state index in [1.165, 1.54) is 12.1 Å². The number of ether oxygens (including phenoxy) is 2. The van der Waals surface area contributed by atoms with Gasteiger partial charge in [0.15, 0.2) is 0 Å². The van der Waals surface area contributed by atoms with E-state index in [0.29, 0.717) is 0 Å². The van der Waals surface area contributed by atoms with Crippen LogP contribution in [0.25, 0.3) is 0 Å². The highest BCUT2D eigenvalue weighted by Crippen LogP contribution is 2.28. The van der Waals surface area contributed by atoms with E-state index in [9.17, 15) is 22.4 Å². The molecular formula is C11H11F4NO3.